The van der Waals surface area contributed by atoms with E-state index in [0.717, 1.165) is 5.56 Å². The molecule has 0 bridgehead atoms. The number of aryl methyl sites for hydroxylation is 2. The minimum atomic E-state index is -0.170. The second kappa shape index (κ2) is 5.40. The van der Waals surface area contributed by atoms with Gasteiger partial charge in [0.05, 0.1) is 17.2 Å². The van der Waals surface area contributed by atoms with Gasteiger partial charge in [-0.2, -0.15) is 5.26 Å². The van der Waals surface area contributed by atoms with Gasteiger partial charge in [-0.25, -0.2) is 0 Å². The summed E-state index contributed by atoms with van der Waals surface area (Å²) in [6.45, 7) is 3.95. The van der Waals surface area contributed by atoms with E-state index in [1.165, 1.54) is 0 Å². The Morgan fingerprint density at radius 1 is 1.37 bits per heavy atom. The highest BCUT2D eigenvalue weighted by Gasteiger charge is 2.12. The van der Waals surface area contributed by atoms with Crippen LogP contribution in [-0.4, -0.2) is 5.91 Å². The van der Waals surface area contributed by atoms with Crippen LogP contribution < -0.4 is 5.32 Å². The van der Waals surface area contributed by atoms with Crippen molar-refractivity contribution in [1.29, 1.82) is 5.26 Å². The molecule has 2 aromatic rings. The van der Waals surface area contributed by atoms with Crippen LogP contribution in [0.4, 0.5) is 0 Å². The van der Waals surface area contributed by atoms with E-state index in [4.69, 9.17) is 9.68 Å². The molecule has 0 saturated carbocycles. The number of nitrogens with zero attached hydrogens (tertiary/aromatic N) is 1. The third-order valence-electron chi connectivity index (χ3n) is 2.79. The molecule has 1 aromatic heterocycles. The number of amides is 1. The second-order valence-electron chi connectivity index (χ2n) is 4.32. The SMILES string of the molecule is Cc1cc(C(=O)NCc2cccc(C#N)c2)c(C)o1. The van der Waals surface area contributed by atoms with Gasteiger partial charge in [0.25, 0.3) is 5.91 Å². The molecule has 0 atom stereocenters. The predicted octanol–water partition coefficient (Wildman–Crippen LogP) is 2.70. The molecule has 19 heavy (non-hydrogen) atoms. The lowest BCUT2D eigenvalue weighted by molar-refractivity contribution is 0.0949. The van der Waals surface area contributed by atoms with Crippen molar-refractivity contribution in [3.05, 3.63) is 58.5 Å². The molecular formula is C15H14N2O2. The summed E-state index contributed by atoms with van der Waals surface area (Å²) >= 11 is 0. The van der Waals surface area contributed by atoms with Crippen LogP contribution >= 0.6 is 0 Å². The lowest BCUT2D eigenvalue weighted by Crippen LogP contribution is -2.22. The normalized spacial score (nSPS) is 9.95. The van der Waals surface area contributed by atoms with Gasteiger partial charge in [0.2, 0.25) is 0 Å². The Balaban J connectivity index is 2.04. The van der Waals surface area contributed by atoms with Crippen LogP contribution in [-0.2, 0) is 6.54 Å². The van der Waals surface area contributed by atoms with Crippen LogP contribution in [0.3, 0.4) is 0 Å². The molecule has 2 rings (SSSR count). The van der Waals surface area contributed by atoms with Crippen molar-refractivity contribution in [2.24, 2.45) is 0 Å². The number of carbonyl (C=O) groups is 1. The summed E-state index contributed by atoms with van der Waals surface area (Å²) in [5.41, 5.74) is 2.03. The Hall–Kier alpha value is -2.54. The van der Waals surface area contributed by atoms with Gasteiger partial charge in [0.1, 0.15) is 11.5 Å². The Kier molecular flexibility index (Phi) is 3.67. The predicted molar refractivity (Wildman–Crippen MR) is 70.5 cm³/mol. The average molecular weight is 254 g/mol. The first kappa shape index (κ1) is 12.9. The van der Waals surface area contributed by atoms with Gasteiger partial charge in [-0.1, -0.05) is 12.1 Å². The van der Waals surface area contributed by atoms with Gasteiger partial charge >= 0.3 is 0 Å². The Bertz CT molecular complexity index is 650. The van der Waals surface area contributed by atoms with Crippen molar-refractivity contribution in [3.8, 4) is 6.07 Å². The highest BCUT2D eigenvalue weighted by molar-refractivity contribution is 5.95. The maximum absolute atomic E-state index is 12.0. The summed E-state index contributed by atoms with van der Waals surface area (Å²) in [4.78, 5) is 12.0. The third-order valence-corrected chi connectivity index (χ3v) is 2.79. The van der Waals surface area contributed by atoms with Crippen LogP contribution in [0, 0.1) is 25.2 Å². The van der Waals surface area contributed by atoms with Crippen LogP contribution in [0.5, 0.6) is 0 Å². The second-order valence-corrected chi connectivity index (χ2v) is 4.32. The van der Waals surface area contributed by atoms with Crippen molar-refractivity contribution in [3.63, 3.8) is 0 Å². The Labute approximate surface area is 111 Å². The zero-order chi connectivity index (χ0) is 13.8. The third kappa shape index (κ3) is 3.02. The molecule has 0 fully saturated rings. The first-order valence-corrected chi connectivity index (χ1v) is 5.94. The monoisotopic (exact) mass is 254 g/mol. The van der Waals surface area contributed by atoms with Gasteiger partial charge in [0.15, 0.2) is 0 Å². The molecule has 0 aliphatic rings. The zero-order valence-corrected chi connectivity index (χ0v) is 10.9. The van der Waals surface area contributed by atoms with E-state index in [9.17, 15) is 4.79 Å². The molecule has 0 aliphatic carbocycles. The zero-order valence-electron chi connectivity index (χ0n) is 10.9. The highest BCUT2D eigenvalue weighted by atomic mass is 16.3. The van der Waals surface area contributed by atoms with E-state index in [2.05, 4.69) is 11.4 Å². The molecule has 0 spiro atoms. The molecule has 1 N–H and O–H groups in total. The molecule has 4 nitrogen and oxygen atoms in total. The first-order chi connectivity index (χ1) is 9.10. The van der Waals surface area contributed by atoms with E-state index in [-0.39, 0.29) is 5.91 Å². The van der Waals surface area contributed by atoms with Crippen LogP contribution in [0.25, 0.3) is 0 Å². The first-order valence-electron chi connectivity index (χ1n) is 5.94. The molecule has 4 heteroatoms. The number of benzene rings is 1. The van der Waals surface area contributed by atoms with E-state index >= 15 is 0 Å². The quantitative estimate of drug-likeness (QED) is 0.915. The standard InChI is InChI=1S/C15H14N2O2/c1-10-6-14(11(2)19-10)15(18)17-9-13-5-3-4-12(7-13)8-16/h3-7H,9H2,1-2H3,(H,17,18). The fourth-order valence-corrected chi connectivity index (χ4v) is 1.88. The summed E-state index contributed by atoms with van der Waals surface area (Å²) in [7, 11) is 0. The van der Waals surface area contributed by atoms with E-state index in [1.807, 2.05) is 6.07 Å². The average Bonchev–Trinajstić information content (AvgIpc) is 2.75. The summed E-state index contributed by atoms with van der Waals surface area (Å²) < 4.78 is 5.32. The number of nitriles is 1. The summed E-state index contributed by atoms with van der Waals surface area (Å²) in [5.74, 6) is 1.16. The number of rotatable bonds is 3. The smallest absolute Gasteiger partial charge is 0.255 e. The van der Waals surface area contributed by atoms with Gasteiger partial charge in [0, 0.05) is 6.54 Å². The summed E-state index contributed by atoms with van der Waals surface area (Å²) in [6.07, 6.45) is 0. The van der Waals surface area contributed by atoms with Crippen molar-refractivity contribution in [1.82, 2.24) is 5.32 Å². The Morgan fingerprint density at radius 3 is 2.79 bits per heavy atom. The molecule has 1 amide bonds. The largest absolute Gasteiger partial charge is 0.466 e. The molecule has 0 aliphatic heterocycles. The lowest BCUT2D eigenvalue weighted by Gasteiger charge is -2.04. The minimum absolute atomic E-state index is 0.170. The lowest BCUT2D eigenvalue weighted by atomic mass is 10.1. The fraction of sp³-hybridized carbons (Fsp3) is 0.200. The van der Waals surface area contributed by atoms with Crippen molar-refractivity contribution < 1.29 is 9.21 Å². The van der Waals surface area contributed by atoms with E-state index in [1.54, 1.807) is 38.1 Å². The number of hydrogen-bond donors (Lipinski definition) is 1. The maximum Gasteiger partial charge on any atom is 0.255 e. The molecule has 0 radical (unpaired) electrons. The van der Waals surface area contributed by atoms with Gasteiger partial charge in [-0.15, -0.1) is 0 Å². The van der Waals surface area contributed by atoms with Crippen LogP contribution in [0.1, 0.15) is 33.0 Å². The summed E-state index contributed by atoms with van der Waals surface area (Å²) in [5, 5.41) is 11.6. The molecule has 1 heterocycles. The van der Waals surface area contributed by atoms with Crippen LogP contribution in [0.15, 0.2) is 34.7 Å². The number of hydrogen-bond acceptors (Lipinski definition) is 3. The van der Waals surface area contributed by atoms with E-state index in [0.29, 0.717) is 29.2 Å². The molecule has 0 saturated heterocycles. The van der Waals surface area contributed by atoms with E-state index < -0.39 is 0 Å². The number of nitrogens with one attached hydrogen (secondary N) is 1. The molecule has 0 unspecified atom stereocenters. The van der Waals surface area contributed by atoms with Crippen LogP contribution in [0.2, 0.25) is 0 Å². The van der Waals surface area contributed by atoms with Gasteiger partial charge in [-0.05, 0) is 37.6 Å². The topological polar surface area (TPSA) is 66.0 Å². The number of carbonyl (C=O) groups excluding carboxylic acids is 1. The number of furan rings is 1. The van der Waals surface area contributed by atoms with Crippen molar-refractivity contribution in [2.45, 2.75) is 20.4 Å². The fourth-order valence-electron chi connectivity index (χ4n) is 1.88. The Morgan fingerprint density at radius 2 is 2.16 bits per heavy atom. The molecule has 1 aromatic carbocycles. The van der Waals surface area contributed by atoms with Gasteiger partial charge < -0.3 is 9.73 Å². The summed E-state index contributed by atoms with van der Waals surface area (Å²) in [6, 6.07) is 10.9. The minimum Gasteiger partial charge on any atom is -0.466 e. The highest BCUT2D eigenvalue weighted by Crippen LogP contribution is 2.13. The van der Waals surface area contributed by atoms with Crippen molar-refractivity contribution >= 4 is 5.91 Å². The maximum atomic E-state index is 12.0. The molecule has 96 valence electrons. The molecular weight excluding hydrogens is 240 g/mol. The van der Waals surface area contributed by atoms with Crippen molar-refractivity contribution in [2.75, 3.05) is 0 Å². The van der Waals surface area contributed by atoms with Gasteiger partial charge in [-0.3, -0.25) is 4.79 Å².